The predicted octanol–water partition coefficient (Wildman–Crippen LogP) is 8.05. The van der Waals surface area contributed by atoms with Gasteiger partial charge in [-0.25, -0.2) is 4.85 Å². The second-order valence-corrected chi connectivity index (χ2v) is 7.72. The van der Waals surface area contributed by atoms with Gasteiger partial charge in [0.25, 0.3) is 0 Å². The highest BCUT2D eigenvalue weighted by Crippen LogP contribution is 2.34. The van der Waals surface area contributed by atoms with Crippen molar-refractivity contribution in [1.82, 2.24) is 0 Å². The molecule has 0 aliphatic carbocycles. The summed E-state index contributed by atoms with van der Waals surface area (Å²) in [5, 5.41) is 0.835. The highest BCUT2D eigenvalue weighted by molar-refractivity contribution is 6.12. The summed E-state index contributed by atoms with van der Waals surface area (Å²) in [4.78, 5) is 18.5. The number of carbonyl (C=O) groups is 1. The van der Waals surface area contributed by atoms with Crippen LogP contribution in [0.15, 0.2) is 125 Å². The number of rotatable bonds is 6. The van der Waals surface area contributed by atoms with E-state index in [1.54, 1.807) is 18.2 Å². The number of Topliss-reactive ketones (excluding diaryl/α,β-unsaturated/α-hetero) is 1. The minimum Gasteiger partial charge on any atom is -0.454 e. The number of anilines is 3. The Bertz CT molecular complexity index is 1440. The van der Waals surface area contributed by atoms with Gasteiger partial charge in [0.05, 0.1) is 6.57 Å². The average Bonchev–Trinajstić information content (AvgIpc) is 3.34. The number of hydrogen-bond donors (Lipinski definition) is 0. The third-order valence-corrected chi connectivity index (χ3v) is 5.49. The van der Waals surface area contributed by atoms with Crippen LogP contribution in [-0.4, -0.2) is 5.78 Å². The van der Waals surface area contributed by atoms with Crippen molar-refractivity contribution in [2.24, 2.45) is 0 Å². The monoisotopic (exact) mass is 440 g/mol. The summed E-state index contributed by atoms with van der Waals surface area (Å²) in [6.45, 7) is 7.54. The van der Waals surface area contributed by atoms with Gasteiger partial charge in [-0.2, -0.15) is 0 Å². The van der Waals surface area contributed by atoms with Gasteiger partial charge in [0.15, 0.2) is 5.76 Å². The van der Waals surface area contributed by atoms with Crippen molar-refractivity contribution in [3.63, 3.8) is 0 Å². The van der Waals surface area contributed by atoms with Crippen molar-refractivity contribution >= 4 is 39.9 Å². The lowest BCUT2D eigenvalue weighted by Gasteiger charge is -2.25. The van der Waals surface area contributed by atoms with Crippen molar-refractivity contribution < 1.29 is 9.21 Å². The number of furan rings is 1. The minimum atomic E-state index is -0.425. The molecule has 0 aliphatic heterocycles. The zero-order valence-corrected chi connectivity index (χ0v) is 18.3. The quantitative estimate of drug-likeness (QED) is 0.152. The molecule has 0 spiro atoms. The largest absolute Gasteiger partial charge is 0.454 e. The van der Waals surface area contributed by atoms with Gasteiger partial charge >= 0.3 is 0 Å². The Balaban J connectivity index is 1.46. The lowest BCUT2D eigenvalue weighted by Crippen LogP contribution is -2.09. The molecule has 4 nitrogen and oxygen atoms in total. The maximum absolute atomic E-state index is 12.9. The summed E-state index contributed by atoms with van der Waals surface area (Å²) in [5.41, 5.74) is 4.46. The zero-order chi connectivity index (χ0) is 23.3. The second kappa shape index (κ2) is 9.32. The number of nitrogens with zero attached hydrogens (tertiary/aromatic N) is 2. The molecule has 0 radical (unpaired) electrons. The maximum Gasteiger partial charge on any atom is 0.237 e. The fraction of sp³-hybridized carbons (Fsp3) is 0. The first-order valence-corrected chi connectivity index (χ1v) is 10.9. The highest BCUT2D eigenvalue weighted by atomic mass is 16.3. The van der Waals surface area contributed by atoms with E-state index in [0.29, 0.717) is 5.58 Å². The first-order valence-electron chi connectivity index (χ1n) is 10.9. The van der Waals surface area contributed by atoms with E-state index in [-0.39, 0.29) is 11.5 Å². The molecular weight excluding hydrogens is 420 g/mol. The first-order chi connectivity index (χ1) is 16.7. The lowest BCUT2D eigenvalue weighted by molar-refractivity contribution is 0.101. The summed E-state index contributed by atoms with van der Waals surface area (Å²) < 4.78 is 5.66. The molecule has 4 aromatic carbocycles. The van der Waals surface area contributed by atoms with Crippen molar-refractivity contribution in [3.8, 4) is 0 Å². The molecule has 4 heteroatoms. The molecule has 0 saturated carbocycles. The maximum atomic E-state index is 12.9. The Morgan fingerprint density at radius 2 is 1.29 bits per heavy atom. The summed E-state index contributed by atoms with van der Waals surface area (Å²) in [5.74, 6) is -0.259. The van der Waals surface area contributed by atoms with Gasteiger partial charge in [-0.1, -0.05) is 66.7 Å². The van der Waals surface area contributed by atoms with Gasteiger partial charge in [0, 0.05) is 22.4 Å². The summed E-state index contributed by atoms with van der Waals surface area (Å²) in [6, 6.07) is 37.1. The van der Waals surface area contributed by atoms with Crippen LogP contribution in [-0.2, 0) is 0 Å². The lowest BCUT2D eigenvalue weighted by atomic mass is 10.1. The highest BCUT2D eigenvalue weighted by Gasteiger charge is 2.18. The Morgan fingerprint density at radius 1 is 0.735 bits per heavy atom. The fourth-order valence-corrected chi connectivity index (χ4v) is 3.85. The van der Waals surface area contributed by atoms with Crippen LogP contribution in [0.2, 0.25) is 0 Å². The smallest absolute Gasteiger partial charge is 0.237 e. The molecule has 0 unspecified atom stereocenters. The van der Waals surface area contributed by atoms with Crippen molar-refractivity contribution in [2.75, 3.05) is 4.90 Å². The summed E-state index contributed by atoms with van der Waals surface area (Å²) >= 11 is 0. The van der Waals surface area contributed by atoms with Crippen LogP contribution in [0.4, 0.5) is 17.1 Å². The van der Waals surface area contributed by atoms with Crippen LogP contribution in [0.5, 0.6) is 0 Å². The first kappa shape index (κ1) is 21.0. The van der Waals surface area contributed by atoms with E-state index in [1.165, 1.54) is 0 Å². The third kappa shape index (κ3) is 4.23. The minimum absolute atomic E-state index is 0.00906. The zero-order valence-electron chi connectivity index (χ0n) is 18.3. The molecule has 0 saturated heterocycles. The van der Waals surface area contributed by atoms with E-state index < -0.39 is 5.78 Å². The Morgan fingerprint density at radius 3 is 1.88 bits per heavy atom. The normalized spacial score (nSPS) is 11.2. The Labute approximate surface area is 197 Å². The van der Waals surface area contributed by atoms with Gasteiger partial charge in [0.2, 0.25) is 11.5 Å². The Hall–Kier alpha value is -4.88. The van der Waals surface area contributed by atoms with Crippen LogP contribution in [0.25, 0.3) is 21.9 Å². The average molecular weight is 441 g/mol. The molecule has 1 heterocycles. The van der Waals surface area contributed by atoms with Gasteiger partial charge < -0.3 is 9.32 Å². The van der Waals surface area contributed by atoms with Crippen LogP contribution < -0.4 is 4.90 Å². The topological polar surface area (TPSA) is 37.8 Å². The standard InChI is InChI=1S/C30H20N2O2/c1-31-27(30(33)29-21-23-10-8-9-15-28(23)34-29)20-22-16-18-26(19-17-22)32(24-11-4-2-5-12-24)25-13-6-3-7-14-25/h2-21H/b27-20-. The van der Waals surface area contributed by atoms with Gasteiger partial charge in [-0.15, -0.1) is 0 Å². The van der Waals surface area contributed by atoms with Gasteiger partial charge in [0.1, 0.15) is 5.58 Å². The molecule has 0 fully saturated rings. The van der Waals surface area contributed by atoms with E-state index in [1.807, 2.05) is 78.9 Å². The molecule has 0 atom stereocenters. The number of fused-ring (bicyclic) bond motifs is 1. The number of benzene rings is 4. The molecular formula is C30H20N2O2. The van der Waals surface area contributed by atoms with Crippen LogP contribution >= 0.6 is 0 Å². The number of para-hydroxylation sites is 3. The molecule has 0 amide bonds. The van der Waals surface area contributed by atoms with E-state index in [2.05, 4.69) is 34.0 Å². The number of allylic oxidation sites excluding steroid dienone is 1. The van der Waals surface area contributed by atoms with Crippen LogP contribution in [0.3, 0.4) is 0 Å². The van der Waals surface area contributed by atoms with Crippen molar-refractivity contribution in [2.45, 2.75) is 0 Å². The third-order valence-electron chi connectivity index (χ3n) is 5.49. The SMILES string of the molecule is [C-]#[N+]/C(=C\c1ccc(N(c2ccccc2)c2ccccc2)cc1)C(=O)c1cc2ccccc2o1. The summed E-state index contributed by atoms with van der Waals surface area (Å²) in [7, 11) is 0. The van der Waals surface area contributed by atoms with Crippen molar-refractivity contribution in [3.05, 3.63) is 144 Å². The van der Waals surface area contributed by atoms with Crippen molar-refractivity contribution in [1.29, 1.82) is 0 Å². The van der Waals surface area contributed by atoms with E-state index >= 15 is 0 Å². The molecule has 0 N–H and O–H groups in total. The van der Waals surface area contributed by atoms with E-state index in [0.717, 1.165) is 28.0 Å². The second-order valence-electron chi connectivity index (χ2n) is 7.72. The van der Waals surface area contributed by atoms with Crippen LogP contribution in [0.1, 0.15) is 16.1 Å². The van der Waals surface area contributed by atoms with Gasteiger partial charge in [-0.05, 0) is 60.2 Å². The number of ketones is 1. The number of carbonyl (C=O) groups excluding carboxylic acids is 1. The number of hydrogen-bond acceptors (Lipinski definition) is 3. The molecule has 5 aromatic rings. The Kier molecular flexibility index (Phi) is 5.75. The summed E-state index contributed by atoms with van der Waals surface area (Å²) in [6.07, 6.45) is 1.60. The fourth-order valence-electron chi connectivity index (χ4n) is 3.85. The predicted molar refractivity (Wildman–Crippen MR) is 136 cm³/mol. The molecule has 0 aliphatic rings. The van der Waals surface area contributed by atoms with E-state index in [4.69, 9.17) is 11.0 Å². The van der Waals surface area contributed by atoms with Crippen LogP contribution in [0, 0.1) is 6.57 Å². The van der Waals surface area contributed by atoms with E-state index in [9.17, 15) is 4.79 Å². The molecule has 34 heavy (non-hydrogen) atoms. The molecule has 5 rings (SSSR count). The van der Waals surface area contributed by atoms with Gasteiger partial charge in [-0.3, -0.25) is 4.79 Å². The molecule has 1 aromatic heterocycles. The molecule has 0 bridgehead atoms. The molecule has 162 valence electrons.